The van der Waals surface area contributed by atoms with Crippen molar-refractivity contribution in [2.45, 2.75) is 18.4 Å². The van der Waals surface area contributed by atoms with E-state index in [-0.39, 0.29) is 13.0 Å². The zero-order chi connectivity index (χ0) is 14.7. The Balaban J connectivity index is 2.78. The van der Waals surface area contributed by atoms with E-state index in [1.807, 2.05) is 0 Å². The number of guanidine groups is 1. The molecule has 0 saturated heterocycles. The van der Waals surface area contributed by atoms with Gasteiger partial charge in [-0.25, -0.2) is 5.32 Å². The van der Waals surface area contributed by atoms with Crippen LogP contribution in [0.25, 0.3) is 0 Å². The number of aliphatic hydroxyl groups is 1. The first-order valence-corrected chi connectivity index (χ1v) is 6.80. The van der Waals surface area contributed by atoms with E-state index in [2.05, 4.69) is 15.6 Å². The Labute approximate surface area is 108 Å². The molecular weight excluding hydrogens is 288 g/mol. The fourth-order valence-corrected chi connectivity index (χ4v) is 1.94. The summed E-state index contributed by atoms with van der Waals surface area (Å²) in [7, 11) is -4.24. The molecule has 0 saturated carbocycles. The smallest absolute Gasteiger partial charge is 0.396 e. The fraction of sp³-hybridized carbons (Fsp3) is 0.857. The normalized spacial score (nSPS) is 26.6. The monoisotopic (exact) mass is 303 g/mol. The molecule has 0 aliphatic carbocycles. The molecule has 0 radical (unpaired) electrons. The van der Waals surface area contributed by atoms with Crippen molar-refractivity contribution in [2.24, 2.45) is 10.7 Å². The van der Waals surface area contributed by atoms with Gasteiger partial charge in [0, 0.05) is 19.6 Å². The molecule has 0 aromatic rings. The van der Waals surface area contributed by atoms with Gasteiger partial charge in [0.15, 0.2) is 11.7 Å². The molecule has 0 aromatic heterocycles. The first-order chi connectivity index (χ1) is 8.58. The van der Waals surface area contributed by atoms with Crippen LogP contribution in [0, 0.1) is 0 Å². The van der Waals surface area contributed by atoms with Crippen molar-refractivity contribution < 1.29 is 26.9 Å². The Morgan fingerprint density at radius 3 is 2.58 bits per heavy atom. The summed E-state index contributed by atoms with van der Waals surface area (Å²) < 4.78 is 56.1. The SMILES string of the molecule is NC1=NC(F)(F)NC(CCO)(NCCS(=O)(=O)O)N1. The highest BCUT2D eigenvalue weighted by Gasteiger charge is 2.45. The van der Waals surface area contributed by atoms with Gasteiger partial charge in [0.05, 0.1) is 5.75 Å². The molecule has 12 heteroatoms. The summed E-state index contributed by atoms with van der Waals surface area (Å²) in [4.78, 5) is 2.80. The number of nitrogens with zero attached hydrogens (tertiary/aromatic N) is 1. The number of rotatable bonds is 6. The number of halogens is 2. The summed E-state index contributed by atoms with van der Waals surface area (Å²) in [6, 6.07) is 0. The second-order valence-electron chi connectivity index (χ2n) is 3.88. The topological polar surface area (TPSA) is 149 Å². The van der Waals surface area contributed by atoms with Crippen LogP contribution in [-0.2, 0) is 10.1 Å². The van der Waals surface area contributed by atoms with Crippen molar-refractivity contribution in [1.29, 1.82) is 0 Å². The van der Waals surface area contributed by atoms with Crippen LogP contribution in [0.15, 0.2) is 4.99 Å². The van der Waals surface area contributed by atoms with E-state index in [9.17, 15) is 17.2 Å². The van der Waals surface area contributed by atoms with Crippen LogP contribution >= 0.6 is 0 Å². The summed E-state index contributed by atoms with van der Waals surface area (Å²) in [6.45, 7) is -0.829. The number of nitrogens with two attached hydrogens (primary N) is 1. The van der Waals surface area contributed by atoms with Gasteiger partial charge in [-0.15, -0.1) is 0 Å². The van der Waals surface area contributed by atoms with Gasteiger partial charge in [-0.3, -0.25) is 9.87 Å². The highest BCUT2D eigenvalue weighted by molar-refractivity contribution is 7.85. The lowest BCUT2D eigenvalue weighted by Crippen LogP contribution is -2.75. The van der Waals surface area contributed by atoms with E-state index in [0.29, 0.717) is 0 Å². The van der Waals surface area contributed by atoms with Crippen LogP contribution in [0.5, 0.6) is 0 Å². The van der Waals surface area contributed by atoms with Gasteiger partial charge in [-0.2, -0.15) is 22.2 Å². The van der Waals surface area contributed by atoms with Crippen LogP contribution < -0.4 is 21.7 Å². The molecule has 0 fully saturated rings. The molecule has 1 aliphatic heterocycles. The van der Waals surface area contributed by atoms with E-state index in [0.717, 1.165) is 0 Å². The second kappa shape index (κ2) is 5.50. The van der Waals surface area contributed by atoms with Gasteiger partial charge in [0.25, 0.3) is 10.1 Å². The first-order valence-electron chi connectivity index (χ1n) is 5.19. The number of hydrogen-bond acceptors (Lipinski definition) is 8. The number of aliphatic imine (C=N–C) groups is 1. The molecule has 1 heterocycles. The average Bonchev–Trinajstić information content (AvgIpc) is 2.11. The number of hydrogen-bond donors (Lipinski definition) is 6. The third-order valence-electron chi connectivity index (χ3n) is 2.24. The molecule has 1 rings (SSSR count). The van der Waals surface area contributed by atoms with Crippen molar-refractivity contribution in [3.8, 4) is 0 Å². The number of nitrogens with one attached hydrogen (secondary N) is 3. The van der Waals surface area contributed by atoms with Gasteiger partial charge >= 0.3 is 6.17 Å². The standard InChI is InChI=1S/C7H15F2N5O4S/c8-7(9)13-5(10)12-6(14-7,1-3-15)11-2-4-19(16,17)18/h11,14-15H,1-4H2,(H3,10,12,13)(H,16,17,18). The lowest BCUT2D eigenvalue weighted by molar-refractivity contribution is -0.0793. The molecule has 7 N–H and O–H groups in total. The Morgan fingerprint density at radius 2 is 2.11 bits per heavy atom. The minimum Gasteiger partial charge on any atom is -0.396 e. The second-order valence-corrected chi connectivity index (χ2v) is 5.45. The average molecular weight is 303 g/mol. The quantitative estimate of drug-likeness (QED) is 0.234. The van der Waals surface area contributed by atoms with Gasteiger partial charge in [0.1, 0.15) is 0 Å². The van der Waals surface area contributed by atoms with Crippen molar-refractivity contribution >= 4 is 16.1 Å². The highest BCUT2D eigenvalue weighted by Crippen LogP contribution is 2.19. The van der Waals surface area contributed by atoms with Crippen LogP contribution in [0.2, 0.25) is 0 Å². The van der Waals surface area contributed by atoms with Crippen LogP contribution in [0.4, 0.5) is 8.78 Å². The third-order valence-corrected chi connectivity index (χ3v) is 2.96. The minimum atomic E-state index is -4.24. The zero-order valence-electron chi connectivity index (χ0n) is 9.73. The van der Waals surface area contributed by atoms with Crippen LogP contribution in [0.1, 0.15) is 6.42 Å². The molecule has 1 atom stereocenters. The summed E-state index contributed by atoms with van der Waals surface area (Å²) >= 11 is 0. The third kappa shape index (κ3) is 5.20. The molecule has 19 heavy (non-hydrogen) atoms. The molecule has 0 bridgehead atoms. The molecular formula is C7H15F2N5O4S. The molecule has 9 nitrogen and oxygen atoms in total. The molecule has 1 unspecified atom stereocenters. The predicted octanol–water partition coefficient (Wildman–Crippen LogP) is -2.44. The number of aliphatic hydroxyl groups excluding tert-OH is 1. The maximum absolute atomic E-state index is 13.2. The van der Waals surface area contributed by atoms with E-state index >= 15 is 0 Å². The minimum absolute atomic E-state index is 0.246. The Hall–Kier alpha value is -1.08. The molecule has 0 amide bonds. The summed E-state index contributed by atoms with van der Waals surface area (Å²) in [5.41, 5.74) is 5.20. The maximum atomic E-state index is 13.2. The van der Waals surface area contributed by atoms with Crippen molar-refractivity contribution in [2.75, 3.05) is 18.9 Å². The molecule has 112 valence electrons. The van der Waals surface area contributed by atoms with Gasteiger partial charge in [0.2, 0.25) is 0 Å². The van der Waals surface area contributed by atoms with Gasteiger partial charge < -0.3 is 16.2 Å². The maximum Gasteiger partial charge on any atom is 0.411 e. The summed E-state index contributed by atoms with van der Waals surface area (Å²) in [5.74, 6) is -2.99. The lowest BCUT2D eigenvalue weighted by Gasteiger charge is -2.41. The van der Waals surface area contributed by atoms with Crippen molar-refractivity contribution in [1.82, 2.24) is 16.0 Å². The molecule has 0 aromatic carbocycles. The fourth-order valence-electron chi connectivity index (χ4n) is 1.58. The summed E-state index contributed by atoms with van der Waals surface area (Å²) in [5, 5.41) is 15.4. The Morgan fingerprint density at radius 1 is 1.47 bits per heavy atom. The van der Waals surface area contributed by atoms with E-state index in [1.165, 1.54) is 0 Å². The highest BCUT2D eigenvalue weighted by atomic mass is 32.2. The van der Waals surface area contributed by atoms with E-state index < -0.39 is 40.4 Å². The zero-order valence-corrected chi connectivity index (χ0v) is 10.5. The Kier molecular flexibility index (Phi) is 4.63. The van der Waals surface area contributed by atoms with Crippen LogP contribution in [0.3, 0.4) is 0 Å². The first kappa shape index (κ1) is 16.0. The summed E-state index contributed by atoms with van der Waals surface area (Å²) in [6.07, 6.45) is -3.92. The van der Waals surface area contributed by atoms with E-state index in [1.54, 1.807) is 5.32 Å². The van der Waals surface area contributed by atoms with Gasteiger partial charge in [-0.1, -0.05) is 0 Å². The lowest BCUT2D eigenvalue weighted by atomic mass is 10.2. The largest absolute Gasteiger partial charge is 0.411 e. The number of alkyl halides is 2. The van der Waals surface area contributed by atoms with Crippen molar-refractivity contribution in [3.05, 3.63) is 0 Å². The Bertz CT molecular complexity index is 456. The van der Waals surface area contributed by atoms with Gasteiger partial charge in [-0.05, 0) is 0 Å². The molecule has 1 aliphatic rings. The van der Waals surface area contributed by atoms with E-state index in [4.69, 9.17) is 15.4 Å². The van der Waals surface area contributed by atoms with Crippen molar-refractivity contribution in [3.63, 3.8) is 0 Å². The predicted molar refractivity (Wildman–Crippen MR) is 61.7 cm³/mol. The molecule has 0 spiro atoms. The van der Waals surface area contributed by atoms with Crippen LogP contribution in [-0.4, -0.2) is 54.9 Å².